The van der Waals surface area contributed by atoms with Crippen LogP contribution in [-0.4, -0.2) is 31.4 Å². The molecule has 20 heavy (non-hydrogen) atoms. The molecule has 1 amide bonds. The molecule has 3 N–H and O–H groups in total. The third kappa shape index (κ3) is 3.51. The number of carbonyl (C=O) groups excluding carboxylic acids is 1. The Labute approximate surface area is 123 Å². The minimum absolute atomic E-state index is 0.0219. The highest BCUT2D eigenvalue weighted by atomic mass is 32.1. The minimum Gasteiger partial charge on any atom is -0.397 e. The maximum absolute atomic E-state index is 11.9. The summed E-state index contributed by atoms with van der Waals surface area (Å²) in [5, 5.41) is 5.37. The van der Waals surface area contributed by atoms with Gasteiger partial charge in [0, 0.05) is 31.1 Å². The van der Waals surface area contributed by atoms with Crippen LogP contribution < -0.4 is 11.1 Å². The number of nitrogens with two attached hydrogens (primary N) is 1. The number of benzene rings is 1. The zero-order chi connectivity index (χ0) is 14.5. The van der Waals surface area contributed by atoms with Gasteiger partial charge in [-0.3, -0.25) is 4.79 Å². The second-order valence-electron chi connectivity index (χ2n) is 4.76. The molecular formula is C15H19N3OS. The van der Waals surface area contributed by atoms with Crippen LogP contribution in [-0.2, 0) is 6.42 Å². The molecule has 0 spiro atoms. The Balaban J connectivity index is 2.03. The number of hydrogen-bond acceptors (Lipinski definition) is 4. The van der Waals surface area contributed by atoms with E-state index in [2.05, 4.69) is 16.8 Å². The van der Waals surface area contributed by atoms with Gasteiger partial charge in [0.05, 0.1) is 11.4 Å². The van der Waals surface area contributed by atoms with Crippen molar-refractivity contribution < 1.29 is 4.79 Å². The van der Waals surface area contributed by atoms with Gasteiger partial charge in [-0.25, -0.2) is 0 Å². The van der Waals surface area contributed by atoms with Crippen LogP contribution in [0.5, 0.6) is 0 Å². The number of thiophene rings is 1. The van der Waals surface area contributed by atoms with Crippen LogP contribution in [0.2, 0.25) is 0 Å². The van der Waals surface area contributed by atoms with Crippen molar-refractivity contribution in [2.24, 2.45) is 0 Å². The van der Waals surface area contributed by atoms with Crippen molar-refractivity contribution in [1.29, 1.82) is 0 Å². The molecule has 0 bridgehead atoms. The smallest absolute Gasteiger partial charge is 0.253 e. The van der Waals surface area contributed by atoms with E-state index >= 15 is 0 Å². The van der Waals surface area contributed by atoms with E-state index in [1.165, 1.54) is 4.88 Å². The van der Waals surface area contributed by atoms with Gasteiger partial charge < -0.3 is 16.0 Å². The van der Waals surface area contributed by atoms with Crippen molar-refractivity contribution in [3.05, 3.63) is 46.2 Å². The highest BCUT2D eigenvalue weighted by Crippen LogP contribution is 2.21. The predicted octanol–water partition coefficient (Wildman–Crippen LogP) is 2.69. The lowest BCUT2D eigenvalue weighted by Gasteiger charge is -2.13. The number of hydrogen-bond donors (Lipinski definition) is 2. The van der Waals surface area contributed by atoms with Crippen molar-refractivity contribution in [3.8, 4) is 0 Å². The monoisotopic (exact) mass is 289 g/mol. The molecular weight excluding hydrogens is 270 g/mol. The summed E-state index contributed by atoms with van der Waals surface area (Å²) in [7, 11) is 3.48. The fourth-order valence-corrected chi connectivity index (χ4v) is 2.58. The molecule has 0 atom stereocenters. The van der Waals surface area contributed by atoms with E-state index in [4.69, 9.17) is 5.73 Å². The van der Waals surface area contributed by atoms with Crippen molar-refractivity contribution in [3.63, 3.8) is 0 Å². The first-order valence-corrected chi connectivity index (χ1v) is 7.33. The molecule has 2 aromatic rings. The third-order valence-electron chi connectivity index (χ3n) is 2.97. The SMILES string of the molecule is CN(C)C(=O)c1ccc(N)c(NCCc2cccs2)c1. The number of carbonyl (C=O) groups is 1. The summed E-state index contributed by atoms with van der Waals surface area (Å²) >= 11 is 1.74. The molecule has 2 rings (SSSR count). The Morgan fingerprint density at radius 2 is 2.15 bits per heavy atom. The van der Waals surface area contributed by atoms with E-state index in [9.17, 15) is 4.79 Å². The zero-order valence-electron chi connectivity index (χ0n) is 11.7. The summed E-state index contributed by atoms with van der Waals surface area (Å²) in [5.74, 6) is -0.0219. The molecule has 1 aromatic heterocycles. The summed E-state index contributed by atoms with van der Waals surface area (Å²) in [6, 6.07) is 9.49. The average Bonchev–Trinajstić information content (AvgIpc) is 2.93. The quantitative estimate of drug-likeness (QED) is 0.832. The van der Waals surface area contributed by atoms with E-state index in [0.29, 0.717) is 11.3 Å². The van der Waals surface area contributed by atoms with Gasteiger partial charge in [0.2, 0.25) is 0 Å². The maximum atomic E-state index is 11.9. The summed E-state index contributed by atoms with van der Waals surface area (Å²) in [4.78, 5) is 14.8. The van der Waals surface area contributed by atoms with Gasteiger partial charge in [-0.05, 0) is 36.1 Å². The number of rotatable bonds is 5. The van der Waals surface area contributed by atoms with Crippen molar-refractivity contribution in [2.45, 2.75) is 6.42 Å². The second kappa shape index (κ2) is 6.43. The van der Waals surface area contributed by atoms with Crippen LogP contribution in [0.4, 0.5) is 11.4 Å². The number of anilines is 2. The number of nitrogen functional groups attached to an aromatic ring is 1. The summed E-state index contributed by atoms with van der Waals surface area (Å²) < 4.78 is 0. The van der Waals surface area contributed by atoms with Gasteiger partial charge in [0.15, 0.2) is 0 Å². The molecule has 1 heterocycles. The van der Waals surface area contributed by atoms with Gasteiger partial charge in [0.25, 0.3) is 5.91 Å². The predicted molar refractivity (Wildman–Crippen MR) is 85.4 cm³/mol. The van der Waals surface area contributed by atoms with Crippen molar-refractivity contribution in [1.82, 2.24) is 4.90 Å². The molecule has 0 fully saturated rings. The Kier molecular flexibility index (Phi) is 4.63. The van der Waals surface area contributed by atoms with Gasteiger partial charge in [-0.1, -0.05) is 6.07 Å². The molecule has 0 saturated carbocycles. The lowest BCUT2D eigenvalue weighted by molar-refractivity contribution is 0.0827. The molecule has 0 aliphatic carbocycles. The first-order chi connectivity index (χ1) is 9.58. The van der Waals surface area contributed by atoms with E-state index in [1.54, 1.807) is 42.5 Å². The first-order valence-electron chi connectivity index (χ1n) is 6.45. The fraction of sp³-hybridized carbons (Fsp3) is 0.267. The van der Waals surface area contributed by atoms with Crippen molar-refractivity contribution in [2.75, 3.05) is 31.7 Å². The van der Waals surface area contributed by atoms with Gasteiger partial charge in [-0.15, -0.1) is 11.3 Å². The van der Waals surface area contributed by atoms with Gasteiger partial charge >= 0.3 is 0 Å². The van der Waals surface area contributed by atoms with Crippen LogP contribution >= 0.6 is 11.3 Å². The zero-order valence-corrected chi connectivity index (χ0v) is 12.5. The molecule has 1 aromatic carbocycles. The van der Waals surface area contributed by atoms with E-state index in [0.717, 1.165) is 18.7 Å². The lowest BCUT2D eigenvalue weighted by Crippen LogP contribution is -2.21. The maximum Gasteiger partial charge on any atom is 0.253 e. The van der Waals surface area contributed by atoms with Crippen LogP contribution in [0.25, 0.3) is 0 Å². The summed E-state index contributed by atoms with van der Waals surface area (Å²) in [6.07, 6.45) is 0.947. The highest BCUT2D eigenvalue weighted by Gasteiger charge is 2.10. The van der Waals surface area contributed by atoms with Gasteiger partial charge in [-0.2, -0.15) is 0 Å². The minimum atomic E-state index is -0.0219. The van der Waals surface area contributed by atoms with E-state index in [1.807, 2.05) is 12.1 Å². The Hall–Kier alpha value is -2.01. The molecule has 0 radical (unpaired) electrons. The Bertz CT molecular complexity index is 579. The number of amides is 1. The largest absolute Gasteiger partial charge is 0.397 e. The topological polar surface area (TPSA) is 58.4 Å². The van der Waals surface area contributed by atoms with Crippen LogP contribution in [0.3, 0.4) is 0 Å². The molecule has 0 saturated heterocycles. The van der Waals surface area contributed by atoms with Gasteiger partial charge in [0.1, 0.15) is 0 Å². The average molecular weight is 289 g/mol. The van der Waals surface area contributed by atoms with Crippen LogP contribution in [0, 0.1) is 0 Å². The van der Waals surface area contributed by atoms with Crippen molar-refractivity contribution >= 4 is 28.6 Å². The normalized spacial score (nSPS) is 10.3. The highest BCUT2D eigenvalue weighted by molar-refractivity contribution is 7.09. The number of nitrogens with one attached hydrogen (secondary N) is 1. The number of nitrogens with zero attached hydrogens (tertiary/aromatic N) is 1. The lowest BCUT2D eigenvalue weighted by atomic mass is 10.1. The Morgan fingerprint density at radius 3 is 2.80 bits per heavy atom. The summed E-state index contributed by atoms with van der Waals surface area (Å²) in [5.41, 5.74) is 8.05. The molecule has 0 unspecified atom stereocenters. The van der Waals surface area contributed by atoms with E-state index in [-0.39, 0.29) is 5.91 Å². The fourth-order valence-electron chi connectivity index (χ4n) is 1.88. The standard InChI is InChI=1S/C15H19N3OS/c1-18(2)15(19)11-5-6-13(16)14(10-11)17-8-7-12-4-3-9-20-12/h3-6,9-10,17H,7-8,16H2,1-2H3. The molecule has 5 heteroatoms. The molecule has 106 valence electrons. The third-order valence-corrected chi connectivity index (χ3v) is 3.91. The van der Waals surface area contributed by atoms with Crippen LogP contribution in [0.1, 0.15) is 15.2 Å². The Morgan fingerprint density at radius 1 is 1.35 bits per heavy atom. The van der Waals surface area contributed by atoms with E-state index < -0.39 is 0 Å². The first kappa shape index (κ1) is 14.4. The second-order valence-corrected chi connectivity index (χ2v) is 5.79. The molecule has 0 aliphatic rings. The van der Waals surface area contributed by atoms with Crippen LogP contribution in [0.15, 0.2) is 35.7 Å². The molecule has 4 nitrogen and oxygen atoms in total. The molecule has 0 aliphatic heterocycles. The summed E-state index contributed by atoms with van der Waals surface area (Å²) in [6.45, 7) is 0.796.